The predicted octanol–water partition coefficient (Wildman–Crippen LogP) is 0.858. The van der Waals surface area contributed by atoms with Crippen molar-refractivity contribution in [3.8, 4) is 0 Å². The number of aromatic nitrogens is 2. The Morgan fingerprint density at radius 3 is 3.00 bits per heavy atom. The Morgan fingerprint density at radius 1 is 1.47 bits per heavy atom. The SMILES string of the molecule is CC(O)CC(C)N1CCn2ccnc2C1. The van der Waals surface area contributed by atoms with Crippen molar-refractivity contribution < 1.29 is 5.11 Å². The molecule has 0 amide bonds. The third-order valence-electron chi connectivity index (χ3n) is 3.08. The topological polar surface area (TPSA) is 41.3 Å². The molecule has 84 valence electrons. The summed E-state index contributed by atoms with van der Waals surface area (Å²) in [5, 5.41) is 9.36. The fourth-order valence-corrected chi connectivity index (χ4v) is 2.21. The number of nitrogens with zero attached hydrogens (tertiary/aromatic N) is 3. The van der Waals surface area contributed by atoms with Gasteiger partial charge in [-0.3, -0.25) is 4.90 Å². The van der Waals surface area contributed by atoms with Gasteiger partial charge in [0.25, 0.3) is 0 Å². The molecule has 2 rings (SSSR count). The third-order valence-corrected chi connectivity index (χ3v) is 3.08. The fourth-order valence-electron chi connectivity index (χ4n) is 2.21. The lowest BCUT2D eigenvalue weighted by molar-refractivity contribution is 0.101. The molecule has 1 N–H and O–H groups in total. The molecule has 1 aromatic rings. The van der Waals surface area contributed by atoms with Gasteiger partial charge in [0.05, 0.1) is 12.6 Å². The van der Waals surface area contributed by atoms with Crippen LogP contribution in [0.5, 0.6) is 0 Å². The molecule has 2 unspecified atom stereocenters. The second-order valence-electron chi connectivity index (χ2n) is 4.44. The van der Waals surface area contributed by atoms with Gasteiger partial charge >= 0.3 is 0 Å². The Balaban J connectivity index is 1.97. The summed E-state index contributed by atoms with van der Waals surface area (Å²) in [4.78, 5) is 6.71. The van der Waals surface area contributed by atoms with E-state index in [0.29, 0.717) is 6.04 Å². The molecule has 0 fully saturated rings. The second-order valence-corrected chi connectivity index (χ2v) is 4.44. The first-order valence-electron chi connectivity index (χ1n) is 5.59. The van der Waals surface area contributed by atoms with E-state index in [0.717, 1.165) is 31.9 Å². The summed E-state index contributed by atoms with van der Waals surface area (Å²) >= 11 is 0. The Kier molecular flexibility index (Phi) is 3.07. The van der Waals surface area contributed by atoms with Crippen molar-refractivity contribution in [2.75, 3.05) is 6.54 Å². The predicted molar refractivity (Wildman–Crippen MR) is 58.4 cm³/mol. The smallest absolute Gasteiger partial charge is 0.122 e. The zero-order chi connectivity index (χ0) is 10.8. The molecule has 4 heteroatoms. The Bertz CT molecular complexity index is 321. The molecule has 15 heavy (non-hydrogen) atoms. The normalized spacial score (nSPS) is 21.0. The van der Waals surface area contributed by atoms with Crippen LogP contribution in [-0.4, -0.2) is 38.2 Å². The molecule has 0 aromatic carbocycles. The zero-order valence-electron chi connectivity index (χ0n) is 9.43. The summed E-state index contributed by atoms with van der Waals surface area (Å²) in [5.74, 6) is 1.14. The lowest BCUT2D eigenvalue weighted by atomic mass is 10.1. The van der Waals surface area contributed by atoms with E-state index in [-0.39, 0.29) is 6.10 Å². The minimum atomic E-state index is -0.221. The highest BCUT2D eigenvalue weighted by atomic mass is 16.3. The van der Waals surface area contributed by atoms with Crippen molar-refractivity contribution in [1.29, 1.82) is 0 Å². The van der Waals surface area contributed by atoms with Crippen LogP contribution in [0.4, 0.5) is 0 Å². The van der Waals surface area contributed by atoms with Crippen molar-refractivity contribution in [2.45, 2.75) is 45.5 Å². The van der Waals surface area contributed by atoms with Crippen LogP contribution in [0.3, 0.4) is 0 Å². The molecule has 0 bridgehead atoms. The van der Waals surface area contributed by atoms with Gasteiger partial charge in [0.2, 0.25) is 0 Å². The van der Waals surface area contributed by atoms with Crippen molar-refractivity contribution >= 4 is 0 Å². The molecule has 4 nitrogen and oxygen atoms in total. The highest BCUT2D eigenvalue weighted by Gasteiger charge is 2.21. The molecule has 0 saturated heterocycles. The first kappa shape index (κ1) is 10.6. The number of rotatable bonds is 3. The maximum Gasteiger partial charge on any atom is 0.122 e. The van der Waals surface area contributed by atoms with Crippen LogP contribution in [0.25, 0.3) is 0 Å². The zero-order valence-corrected chi connectivity index (χ0v) is 9.43. The minimum absolute atomic E-state index is 0.221. The number of fused-ring (bicyclic) bond motifs is 1. The molecule has 0 radical (unpaired) electrons. The van der Waals surface area contributed by atoms with Crippen molar-refractivity contribution in [3.63, 3.8) is 0 Å². The maximum absolute atomic E-state index is 9.36. The molecule has 1 aromatic heterocycles. The van der Waals surface area contributed by atoms with E-state index in [1.807, 2.05) is 19.3 Å². The van der Waals surface area contributed by atoms with E-state index in [4.69, 9.17) is 0 Å². The number of hydrogen-bond acceptors (Lipinski definition) is 3. The molecule has 2 heterocycles. The quantitative estimate of drug-likeness (QED) is 0.802. The van der Waals surface area contributed by atoms with E-state index < -0.39 is 0 Å². The van der Waals surface area contributed by atoms with Crippen LogP contribution in [-0.2, 0) is 13.1 Å². The van der Waals surface area contributed by atoms with Crippen LogP contribution < -0.4 is 0 Å². The van der Waals surface area contributed by atoms with Gasteiger partial charge in [-0.05, 0) is 20.3 Å². The first-order chi connectivity index (χ1) is 7.16. The molecule has 0 aliphatic carbocycles. The molecule has 2 atom stereocenters. The minimum Gasteiger partial charge on any atom is -0.393 e. The van der Waals surface area contributed by atoms with E-state index in [1.54, 1.807) is 0 Å². The van der Waals surface area contributed by atoms with Gasteiger partial charge in [0.15, 0.2) is 0 Å². The largest absolute Gasteiger partial charge is 0.393 e. The van der Waals surface area contributed by atoms with Crippen LogP contribution in [0.15, 0.2) is 12.4 Å². The van der Waals surface area contributed by atoms with Gasteiger partial charge in [0.1, 0.15) is 5.82 Å². The van der Waals surface area contributed by atoms with Crippen molar-refractivity contribution in [1.82, 2.24) is 14.5 Å². The third kappa shape index (κ3) is 2.38. The van der Waals surface area contributed by atoms with Gasteiger partial charge in [0, 0.05) is 31.5 Å². The average Bonchev–Trinajstić information content (AvgIpc) is 2.62. The molecule has 1 aliphatic rings. The second kappa shape index (κ2) is 4.33. The summed E-state index contributed by atoms with van der Waals surface area (Å²) in [6.45, 7) is 6.99. The monoisotopic (exact) mass is 209 g/mol. The maximum atomic E-state index is 9.36. The summed E-state index contributed by atoms with van der Waals surface area (Å²) in [5.41, 5.74) is 0. The van der Waals surface area contributed by atoms with E-state index >= 15 is 0 Å². The van der Waals surface area contributed by atoms with Crippen LogP contribution in [0, 0.1) is 0 Å². The van der Waals surface area contributed by atoms with E-state index in [9.17, 15) is 5.11 Å². The highest BCUT2D eigenvalue weighted by molar-refractivity contribution is 4.96. The van der Waals surface area contributed by atoms with Crippen molar-refractivity contribution in [3.05, 3.63) is 18.2 Å². The fraction of sp³-hybridized carbons (Fsp3) is 0.727. The number of aliphatic hydroxyl groups excluding tert-OH is 1. The molecular formula is C11H19N3O. The average molecular weight is 209 g/mol. The number of imidazole rings is 1. The van der Waals surface area contributed by atoms with E-state index in [2.05, 4.69) is 21.4 Å². The van der Waals surface area contributed by atoms with Crippen molar-refractivity contribution in [2.24, 2.45) is 0 Å². The summed E-state index contributed by atoms with van der Waals surface area (Å²) in [6.07, 6.45) is 4.51. The van der Waals surface area contributed by atoms with Crippen LogP contribution in [0.1, 0.15) is 26.1 Å². The molecule has 0 spiro atoms. The summed E-state index contributed by atoms with van der Waals surface area (Å²) in [7, 11) is 0. The Morgan fingerprint density at radius 2 is 2.27 bits per heavy atom. The summed E-state index contributed by atoms with van der Waals surface area (Å²) in [6, 6.07) is 0.426. The highest BCUT2D eigenvalue weighted by Crippen LogP contribution is 2.15. The van der Waals surface area contributed by atoms with Gasteiger partial charge < -0.3 is 9.67 Å². The van der Waals surface area contributed by atoms with Gasteiger partial charge in [-0.2, -0.15) is 0 Å². The van der Waals surface area contributed by atoms with Gasteiger partial charge in [-0.25, -0.2) is 4.98 Å². The number of aliphatic hydroxyl groups is 1. The number of hydrogen-bond donors (Lipinski definition) is 1. The van der Waals surface area contributed by atoms with Crippen LogP contribution in [0.2, 0.25) is 0 Å². The van der Waals surface area contributed by atoms with Gasteiger partial charge in [-0.1, -0.05) is 0 Å². The molecule has 1 aliphatic heterocycles. The van der Waals surface area contributed by atoms with E-state index in [1.165, 1.54) is 0 Å². The standard InChI is InChI=1S/C11H19N3O/c1-9(7-10(2)15)14-6-5-13-4-3-12-11(13)8-14/h3-4,9-10,15H,5-8H2,1-2H3. The first-order valence-corrected chi connectivity index (χ1v) is 5.59. The lowest BCUT2D eigenvalue weighted by Crippen LogP contribution is -2.40. The molecule has 0 saturated carbocycles. The lowest BCUT2D eigenvalue weighted by Gasteiger charge is -2.33. The Hall–Kier alpha value is -0.870. The molecular weight excluding hydrogens is 190 g/mol. The van der Waals surface area contributed by atoms with Gasteiger partial charge in [-0.15, -0.1) is 0 Å². The summed E-state index contributed by atoms with van der Waals surface area (Å²) < 4.78 is 2.20. The van der Waals surface area contributed by atoms with Crippen LogP contribution >= 0.6 is 0 Å². The Labute approximate surface area is 90.5 Å².